The Hall–Kier alpha value is -3.12. The number of carbonyl (C=O) groups excluding carboxylic acids is 1. The quantitative estimate of drug-likeness (QED) is 0.374. The van der Waals surface area contributed by atoms with Gasteiger partial charge in [0.1, 0.15) is 11.9 Å². The lowest BCUT2D eigenvalue weighted by Crippen LogP contribution is -2.35. The Morgan fingerprint density at radius 2 is 1.43 bits per heavy atom. The Morgan fingerprint density at radius 3 is 1.92 bits per heavy atom. The van der Waals surface area contributed by atoms with E-state index in [9.17, 15) is 18.3 Å². The number of phenolic OH excluding ortho intramolecular Hbond substituents is 1. The van der Waals surface area contributed by atoms with Crippen molar-refractivity contribution in [2.75, 3.05) is 0 Å². The van der Waals surface area contributed by atoms with Crippen molar-refractivity contribution in [2.24, 2.45) is 0 Å². The first-order chi connectivity index (χ1) is 17.5. The monoisotopic (exact) mass is 520 g/mol. The largest absolute Gasteiger partial charge is 0.507 e. The van der Waals surface area contributed by atoms with Crippen LogP contribution >= 0.6 is 0 Å². The highest BCUT2D eigenvalue weighted by molar-refractivity contribution is 7.92. The SMILES string of the molecule is Cc1cc(CCC(=O)OC2CC(c3ccccc3)S(=O)(=O)C(c3ccccc3)C2)cc(C(C)(C)C)c1O. The molecule has 0 amide bonds. The van der Waals surface area contributed by atoms with Crippen LogP contribution in [0.3, 0.4) is 0 Å². The predicted octanol–water partition coefficient (Wildman–Crippen LogP) is 6.53. The topological polar surface area (TPSA) is 80.7 Å². The van der Waals surface area contributed by atoms with E-state index in [0.717, 1.165) is 27.8 Å². The van der Waals surface area contributed by atoms with E-state index >= 15 is 0 Å². The summed E-state index contributed by atoms with van der Waals surface area (Å²) in [7, 11) is -3.54. The number of aryl methyl sites for hydroxylation is 2. The second kappa shape index (κ2) is 10.7. The third-order valence-electron chi connectivity index (χ3n) is 7.17. The molecule has 1 aliphatic rings. The highest BCUT2D eigenvalue weighted by Crippen LogP contribution is 2.45. The van der Waals surface area contributed by atoms with Crippen molar-refractivity contribution in [1.29, 1.82) is 0 Å². The molecule has 5 nitrogen and oxygen atoms in total. The van der Waals surface area contributed by atoms with E-state index < -0.39 is 26.4 Å². The first-order valence-corrected chi connectivity index (χ1v) is 14.4. The van der Waals surface area contributed by atoms with Gasteiger partial charge in [0.25, 0.3) is 0 Å². The average Bonchev–Trinajstić information content (AvgIpc) is 2.85. The number of aromatic hydroxyl groups is 1. The Balaban J connectivity index is 1.52. The molecule has 0 aliphatic carbocycles. The highest BCUT2D eigenvalue weighted by Gasteiger charge is 2.44. The molecule has 6 heteroatoms. The third-order valence-corrected chi connectivity index (χ3v) is 9.69. The molecule has 0 bridgehead atoms. The molecule has 0 radical (unpaired) electrons. The number of rotatable bonds is 6. The summed E-state index contributed by atoms with van der Waals surface area (Å²) in [5.74, 6) is -0.0490. The Labute approximate surface area is 220 Å². The van der Waals surface area contributed by atoms with Gasteiger partial charge in [0.05, 0.1) is 10.5 Å². The molecule has 3 aromatic carbocycles. The second-order valence-electron chi connectivity index (χ2n) is 11.0. The molecule has 0 spiro atoms. The summed E-state index contributed by atoms with van der Waals surface area (Å²) in [6.45, 7) is 8.00. The number of benzene rings is 3. The molecule has 1 aliphatic heterocycles. The van der Waals surface area contributed by atoms with Crippen molar-refractivity contribution in [2.45, 2.75) is 75.4 Å². The van der Waals surface area contributed by atoms with Crippen LogP contribution in [0.5, 0.6) is 5.75 Å². The molecule has 1 heterocycles. The minimum absolute atomic E-state index is 0.184. The average molecular weight is 521 g/mol. The zero-order valence-corrected chi connectivity index (χ0v) is 22.8. The molecular weight excluding hydrogens is 484 g/mol. The van der Waals surface area contributed by atoms with Gasteiger partial charge in [-0.05, 0) is 46.6 Å². The first-order valence-electron chi connectivity index (χ1n) is 12.8. The maximum Gasteiger partial charge on any atom is 0.306 e. The van der Waals surface area contributed by atoms with Crippen molar-refractivity contribution < 1.29 is 23.1 Å². The zero-order valence-electron chi connectivity index (χ0n) is 22.0. The van der Waals surface area contributed by atoms with E-state index in [2.05, 4.69) is 0 Å². The van der Waals surface area contributed by atoms with Gasteiger partial charge >= 0.3 is 5.97 Å². The van der Waals surface area contributed by atoms with Gasteiger partial charge in [-0.1, -0.05) is 93.6 Å². The molecule has 2 unspecified atom stereocenters. The van der Waals surface area contributed by atoms with Gasteiger partial charge in [0.2, 0.25) is 0 Å². The summed E-state index contributed by atoms with van der Waals surface area (Å²) in [6.07, 6.45) is 0.654. The molecule has 0 aromatic heterocycles. The molecule has 0 saturated carbocycles. The van der Waals surface area contributed by atoms with E-state index in [0.29, 0.717) is 12.2 Å². The molecule has 3 aromatic rings. The maximum atomic E-state index is 13.7. The molecule has 1 N–H and O–H groups in total. The molecule has 1 fully saturated rings. The van der Waals surface area contributed by atoms with Gasteiger partial charge in [0, 0.05) is 19.3 Å². The fraction of sp³-hybridized carbons (Fsp3) is 0.387. The summed E-state index contributed by atoms with van der Waals surface area (Å²) in [6, 6.07) is 22.2. The van der Waals surface area contributed by atoms with Crippen LogP contribution < -0.4 is 0 Å². The number of ether oxygens (including phenoxy) is 1. The number of phenols is 1. The van der Waals surface area contributed by atoms with Gasteiger partial charge in [-0.25, -0.2) is 8.42 Å². The lowest BCUT2D eigenvalue weighted by Gasteiger charge is -2.35. The summed E-state index contributed by atoms with van der Waals surface area (Å²) >= 11 is 0. The van der Waals surface area contributed by atoms with E-state index in [1.54, 1.807) is 0 Å². The van der Waals surface area contributed by atoms with Gasteiger partial charge in [-0.3, -0.25) is 4.79 Å². The van der Waals surface area contributed by atoms with Crippen LogP contribution in [-0.2, 0) is 31.2 Å². The third kappa shape index (κ3) is 6.07. The van der Waals surface area contributed by atoms with Crippen LogP contribution in [0, 0.1) is 6.92 Å². The molecule has 196 valence electrons. The number of hydrogen-bond donors (Lipinski definition) is 1. The number of esters is 1. The first kappa shape index (κ1) is 26.9. The Morgan fingerprint density at radius 1 is 0.919 bits per heavy atom. The van der Waals surface area contributed by atoms with Crippen molar-refractivity contribution in [1.82, 2.24) is 0 Å². The Bertz CT molecular complexity index is 1290. The summed E-state index contributed by atoms with van der Waals surface area (Å²) in [5.41, 5.74) is 3.82. The van der Waals surface area contributed by atoms with Crippen molar-refractivity contribution in [3.63, 3.8) is 0 Å². The van der Waals surface area contributed by atoms with Gasteiger partial charge in [-0.2, -0.15) is 0 Å². The van der Waals surface area contributed by atoms with Crippen molar-refractivity contribution in [3.8, 4) is 5.75 Å². The van der Waals surface area contributed by atoms with Crippen LogP contribution in [0.2, 0.25) is 0 Å². The molecule has 1 saturated heterocycles. The summed E-state index contributed by atoms with van der Waals surface area (Å²) in [4.78, 5) is 12.9. The lowest BCUT2D eigenvalue weighted by molar-refractivity contribution is -0.150. The van der Waals surface area contributed by atoms with Crippen molar-refractivity contribution in [3.05, 3.63) is 101 Å². The van der Waals surface area contributed by atoms with Gasteiger partial charge in [0.15, 0.2) is 9.84 Å². The maximum absolute atomic E-state index is 13.7. The highest BCUT2D eigenvalue weighted by atomic mass is 32.2. The molecule has 37 heavy (non-hydrogen) atoms. The molecular formula is C31H36O5S. The van der Waals surface area contributed by atoms with Crippen LogP contribution in [0.4, 0.5) is 0 Å². The van der Waals surface area contributed by atoms with E-state index in [1.165, 1.54) is 0 Å². The van der Waals surface area contributed by atoms with Gasteiger partial charge in [-0.15, -0.1) is 0 Å². The number of carbonyl (C=O) groups is 1. The van der Waals surface area contributed by atoms with Crippen LogP contribution in [0.1, 0.15) is 78.4 Å². The normalized spacial score (nSPS) is 21.4. The predicted molar refractivity (Wildman–Crippen MR) is 146 cm³/mol. The number of hydrogen-bond acceptors (Lipinski definition) is 5. The fourth-order valence-electron chi connectivity index (χ4n) is 5.18. The molecule has 4 rings (SSSR count). The summed E-state index contributed by atoms with van der Waals surface area (Å²) < 4.78 is 33.2. The van der Waals surface area contributed by atoms with Crippen molar-refractivity contribution >= 4 is 15.8 Å². The van der Waals surface area contributed by atoms with Crippen LogP contribution in [0.25, 0.3) is 0 Å². The molecule has 2 atom stereocenters. The van der Waals surface area contributed by atoms with Gasteiger partial charge < -0.3 is 9.84 Å². The minimum Gasteiger partial charge on any atom is -0.507 e. The lowest BCUT2D eigenvalue weighted by atomic mass is 9.83. The van der Waals surface area contributed by atoms with E-state index in [4.69, 9.17) is 4.74 Å². The van der Waals surface area contributed by atoms with Crippen LogP contribution in [0.15, 0.2) is 72.8 Å². The zero-order chi connectivity index (χ0) is 26.8. The number of sulfone groups is 1. The minimum atomic E-state index is -3.54. The second-order valence-corrected chi connectivity index (χ2v) is 13.3. The van der Waals surface area contributed by atoms with E-state index in [1.807, 2.05) is 100 Å². The van der Waals surface area contributed by atoms with E-state index in [-0.39, 0.29) is 30.6 Å². The smallest absolute Gasteiger partial charge is 0.306 e. The fourth-order valence-corrected chi connectivity index (χ4v) is 7.62. The van der Waals surface area contributed by atoms with Crippen LogP contribution in [-0.4, -0.2) is 25.6 Å². The standard InChI is InChI=1S/C31H36O5S/c1-21-17-22(18-26(30(21)33)31(2,3)4)15-16-29(32)36-25-19-27(23-11-7-5-8-12-23)37(34,35)28(20-25)24-13-9-6-10-14-24/h5-14,17-18,25,27-28,33H,15-16,19-20H2,1-4H3. The Kier molecular flexibility index (Phi) is 7.79. The summed E-state index contributed by atoms with van der Waals surface area (Å²) in [5, 5.41) is 9.02.